The standard InChI is InChI=1S/C16H21N5OS/c1-5-6-14-18-12(9-23-14)8-20-11(4)17-16-19-13(10(2)3)7-15(22)21(16)20/h7,9-10H,5-6,8H2,1-4H3. The fraction of sp³-hybridized carbons (Fsp3) is 0.500. The molecular weight excluding hydrogens is 310 g/mol. The van der Waals surface area contributed by atoms with Crippen LogP contribution in [0.2, 0.25) is 0 Å². The highest BCUT2D eigenvalue weighted by atomic mass is 32.1. The quantitative estimate of drug-likeness (QED) is 0.721. The van der Waals surface area contributed by atoms with E-state index in [2.05, 4.69) is 27.3 Å². The van der Waals surface area contributed by atoms with Gasteiger partial charge >= 0.3 is 0 Å². The Morgan fingerprint density at radius 3 is 2.74 bits per heavy atom. The zero-order valence-electron chi connectivity index (χ0n) is 13.9. The number of aryl methyl sites for hydroxylation is 2. The van der Waals surface area contributed by atoms with E-state index in [1.165, 1.54) is 0 Å². The van der Waals surface area contributed by atoms with Gasteiger partial charge in [0.25, 0.3) is 11.3 Å². The van der Waals surface area contributed by atoms with Crippen molar-refractivity contribution < 1.29 is 0 Å². The molecule has 0 radical (unpaired) electrons. The maximum absolute atomic E-state index is 12.5. The molecule has 122 valence electrons. The molecule has 0 amide bonds. The van der Waals surface area contributed by atoms with Gasteiger partial charge in [0.15, 0.2) is 0 Å². The maximum Gasteiger partial charge on any atom is 0.274 e. The van der Waals surface area contributed by atoms with Crippen molar-refractivity contribution in [1.82, 2.24) is 24.1 Å². The van der Waals surface area contributed by atoms with Crippen molar-refractivity contribution in [3.05, 3.63) is 44.0 Å². The summed E-state index contributed by atoms with van der Waals surface area (Å²) in [6.07, 6.45) is 2.08. The first kappa shape index (κ1) is 15.9. The van der Waals surface area contributed by atoms with Crippen molar-refractivity contribution in [1.29, 1.82) is 0 Å². The zero-order valence-corrected chi connectivity index (χ0v) is 14.7. The molecule has 0 aliphatic heterocycles. The van der Waals surface area contributed by atoms with Crippen molar-refractivity contribution >= 4 is 17.1 Å². The van der Waals surface area contributed by atoms with E-state index in [9.17, 15) is 4.79 Å². The second-order valence-corrected chi connectivity index (χ2v) is 6.93. The van der Waals surface area contributed by atoms with Gasteiger partial charge < -0.3 is 0 Å². The summed E-state index contributed by atoms with van der Waals surface area (Å²) < 4.78 is 3.39. The minimum Gasteiger partial charge on any atom is -0.267 e. The van der Waals surface area contributed by atoms with E-state index in [1.54, 1.807) is 21.9 Å². The summed E-state index contributed by atoms with van der Waals surface area (Å²) in [4.78, 5) is 26.1. The third-order valence-corrected chi connectivity index (χ3v) is 4.70. The summed E-state index contributed by atoms with van der Waals surface area (Å²) in [5.74, 6) is 1.43. The van der Waals surface area contributed by atoms with Crippen LogP contribution >= 0.6 is 11.3 Å². The molecule has 0 aliphatic rings. The first-order valence-corrected chi connectivity index (χ1v) is 8.78. The molecule has 0 fully saturated rings. The predicted octanol–water partition coefficient (Wildman–Crippen LogP) is 2.78. The summed E-state index contributed by atoms with van der Waals surface area (Å²) in [7, 11) is 0. The van der Waals surface area contributed by atoms with Crippen LogP contribution in [0.15, 0.2) is 16.2 Å². The van der Waals surface area contributed by atoms with Gasteiger partial charge in [-0.25, -0.2) is 9.97 Å². The highest BCUT2D eigenvalue weighted by Crippen LogP contribution is 2.15. The molecular formula is C16H21N5OS. The van der Waals surface area contributed by atoms with E-state index in [0.29, 0.717) is 12.3 Å². The number of thiazole rings is 1. The maximum atomic E-state index is 12.5. The van der Waals surface area contributed by atoms with Crippen LogP contribution in [0.1, 0.15) is 55.3 Å². The molecule has 0 N–H and O–H groups in total. The number of aromatic nitrogens is 5. The first-order chi connectivity index (χ1) is 11.0. The first-order valence-electron chi connectivity index (χ1n) is 7.90. The minimum atomic E-state index is -0.0942. The molecule has 3 rings (SSSR count). The molecule has 0 aliphatic carbocycles. The highest BCUT2D eigenvalue weighted by Gasteiger charge is 2.14. The van der Waals surface area contributed by atoms with Gasteiger partial charge in [0.1, 0.15) is 5.82 Å². The van der Waals surface area contributed by atoms with Crippen LogP contribution in [0.4, 0.5) is 0 Å². The average Bonchev–Trinajstić information content (AvgIpc) is 3.05. The van der Waals surface area contributed by atoms with Gasteiger partial charge in [-0.1, -0.05) is 20.8 Å². The Hall–Kier alpha value is -2.02. The molecule has 23 heavy (non-hydrogen) atoms. The minimum absolute atomic E-state index is 0.0942. The van der Waals surface area contributed by atoms with Gasteiger partial charge in [-0.05, 0) is 25.7 Å². The Balaban J connectivity index is 2.03. The molecule has 0 unspecified atom stereocenters. The van der Waals surface area contributed by atoms with Gasteiger partial charge in [-0.3, -0.25) is 9.48 Å². The molecule has 3 heterocycles. The van der Waals surface area contributed by atoms with Crippen LogP contribution in [-0.4, -0.2) is 24.1 Å². The Morgan fingerprint density at radius 2 is 2.04 bits per heavy atom. The summed E-state index contributed by atoms with van der Waals surface area (Å²) in [6.45, 7) is 8.61. The molecule has 0 spiro atoms. The van der Waals surface area contributed by atoms with E-state index < -0.39 is 0 Å². The fourth-order valence-corrected chi connectivity index (χ4v) is 3.40. The monoisotopic (exact) mass is 331 g/mol. The lowest BCUT2D eigenvalue weighted by Gasteiger charge is -2.07. The molecule has 0 saturated heterocycles. The van der Waals surface area contributed by atoms with Crippen LogP contribution < -0.4 is 5.56 Å². The molecule has 7 heteroatoms. The third-order valence-electron chi connectivity index (χ3n) is 3.74. The topological polar surface area (TPSA) is 65.1 Å². The van der Waals surface area contributed by atoms with Crippen LogP contribution in [-0.2, 0) is 13.0 Å². The molecule has 0 bridgehead atoms. The van der Waals surface area contributed by atoms with E-state index in [4.69, 9.17) is 0 Å². The highest BCUT2D eigenvalue weighted by molar-refractivity contribution is 7.09. The summed E-state index contributed by atoms with van der Waals surface area (Å²) >= 11 is 1.67. The summed E-state index contributed by atoms with van der Waals surface area (Å²) in [5, 5.41) is 3.19. The van der Waals surface area contributed by atoms with E-state index in [0.717, 1.165) is 35.1 Å². The van der Waals surface area contributed by atoms with Crippen LogP contribution in [0.3, 0.4) is 0 Å². The molecule has 6 nitrogen and oxygen atoms in total. The lowest BCUT2D eigenvalue weighted by atomic mass is 10.1. The molecule has 0 saturated carbocycles. The van der Waals surface area contributed by atoms with E-state index in [-0.39, 0.29) is 11.5 Å². The molecule has 3 aromatic rings. The number of rotatable bonds is 5. The van der Waals surface area contributed by atoms with Crippen molar-refractivity contribution in [2.75, 3.05) is 0 Å². The number of nitrogens with zero attached hydrogens (tertiary/aromatic N) is 5. The van der Waals surface area contributed by atoms with Crippen molar-refractivity contribution in [2.45, 2.75) is 53.0 Å². The van der Waals surface area contributed by atoms with Gasteiger partial charge in [-0.15, -0.1) is 11.3 Å². The van der Waals surface area contributed by atoms with E-state index in [1.807, 2.05) is 25.5 Å². The van der Waals surface area contributed by atoms with Gasteiger partial charge in [0.05, 0.1) is 22.9 Å². The van der Waals surface area contributed by atoms with Crippen molar-refractivity contribution in [3.63, 3.8) is 0 Å². The number of fused-ring (bicyclic) bond motifs is 1. The summed E-state index contributed by atoms with van der Waals surface area (Å²) in [6, 6.07) is 1.60. The third kappa shape index (κ3) is 3.06. The van der Waals surface area contributed by atoms with Crippen molar-refractivity contribution in [3.8, 4) is 0 Å². The van der Waals surface area contributed by atoms with Crippen LogP contribution in [0.25, 0.3) is 5.78 Å². The van der Waals surface area contributed by atoms with Gasteiger partial charge in [-0.2, -0.15) is 9.50 Å². The number of hydrogen-bond donors (Lipinski definition) is 0. The predicted molar refractivity (Wildman–Crippen MR) is 91.3 cm³/mol. The Kier molecular flexibility index (Phi) is 4.30. The van der Waals surface area contributed by atoms with Gasteiger partial charge in [0, 0.05) is 11.4 Å². The Labute approximate surface area is 138 Å². The average molecular weight is 331 g/mol. The molecule has 0 aromatic carbocycles. The van der Waals surface area contributed by atoms with E-state index >= 15 is 0 Å². The normalized spacial score (nSPS) is 11.7. The largest absolute Gasteiger partial charge is 0.274 e. The second kappa shape index (κ2) is 6.23. The second-order valence-electron chi connectivity index (χ2n) is 5.98. The lowest BCUT2D eigenvalue weighted by Crippen LogP contribution is -2.23. The number of hydrogen-bond acceptors (Lipinski definition) is 5. The van der Waals surface area contributed by atoms with Crippen LogP contribution in [0, 0.1) is 6.92 Å². The summed E-state index contributed by atoms with van der Waals surface area (Å²) in [5.41, 5.74) is 1.64. The zero-order chi connectivity index (χ0) is 16.6. The SMILES string of the molecule is CCCc1nc(Cn2c(C)nc3nc(C(C)C)cc(=O)n32)cs1. The Morgan fingerprint density at radius 1 is 1.26 bits per heavy atom. The Bertz CT molecular complexity index is 890. The van der Waals surface area contributed by atoms with Crippen molar-refractivity contribution in [2.24, 2.45) is 0 Å². The molecule has 0 atom stereocenters. The lowest BCUT2D eigenvalue weighted by molar-refractivity contribution is 0.590. The van der Waals surface area contributed by atoms with Gasteiger partial charge in [0.2, 0.25) is 0 Å². The van der Waals surface area contributed by atoms with Crippen LogP contribution in [0.5, 0.6) is 0 Å². The smallest absolute Gasteiger partial charge is 0.267 e. The molecule has 3 aromatic heterocycles. The fourth-order valence-electron chi connectivity index (χ4n) is 2.51.